The smallest absolute Gasteiger partial charge is 0.259 e. The first kappa shape index (κ1) is 20.9. The second-order valence-corrected chi connectivity index (χ2v) is 6.61. The molecule has 0 aliphatic carbocycles. The Bertz CT molecular complexity index is 1100. The molecule has 8 heteroatoms. The zero-order valence-electron chi connectivity index (χ0n) is 16.7. The van der Waals surface area contributed by atoms with E-state index in [1.807, 2.05) is 12.1 Å². The van der Waals surface area contributed by atoms with Gasteiger partial charge in [-0.25, -0.2) is 0 Å². The van der Waals surface area contributed by atoms with Crippen LogP contribution in [0.25, 0.3) is 0 Å². The number of amides is 2. The van der Waals surface area contributed by atoms with Crippen LogP contribution >= 0.6 is 0 Å². The number of hydrogen-bond acceptors (Lipinski definition) is 5. The number of pyridine rings is 2. The van der Waals surface area contributed by atoms with Crippen molar-refractivity contribution in [1.82, 2.24) is 9.55 Å². The summed E-state index contributed by atoms with van der Waals surface area (Å²) in [6.45, 7) is 1.72. The summed E-state index contributed by atoms with van der Waals surface area (Å²) in [5, 5.41) is 5.41. The number of para-hydroxylation sites is 1. The van der Waals surface area contributed by atoms with Gasteiger partial charge in [-0.2, -0.15) is 0 Å². The molecule has 0 fully saturated rings. The first-order valence-corrected chi connectivity index (χ1v) is 9.28. The molecule has 1 aromatic carbocycles. The van der Waals surface area contributed by atoms with Gasteiger partial charge in [-0.05, 0) is 30.7 Å². The summed E-state index contributed by atoms with van der Waals surface area (Å²) in [6.07, 6.45) is 3.30. The number of rotatable bonds is 7. The van der Waals surface area contributed by atoms with Gasteiger partial charge < -0.3 is 19.9 Å². The molecule has 2 N–H and O–H groups in total. The van der Waals surface area contributed by atoms with E-state index in [2.05, 4.69) is 15.6 Å². The molecule has 3 aromatic rings. The van der Waals surface area contributed by atoms with Crippen molar-refractivity contribution in [2.24, 2.45) is 0 Å². The van der Waals surface area contributed by atoms with Gasteiger partial charge in [0.2, 0.25) is 5.91 Å². The number of methoxy groups -OCH3 is 1. The van der Waals surface area contributed by atoms with Crippen molar-refractivity contribution in [2.75, 3.05) is 24.4 Å². The van der Waals surface area contributed by atoms with Crippen LogP contribution < -0.4 is 16.2 Å². The van der Waals surface area contributed by atoms with E-state index in [1.54, 1.807) is 49.6 Å². The van der Waals surface area contributed by atoms with E-state index in [1.165, 1.54) is 17.7 Å². The Labute approximate surface area is 173 Å². The summed E-state index contributed by atoms with van der Waals surface area (Å²) >= 11 is 0. The number of anilines is 2. The Balaban J connectivity index is 2.04. The van der Waals surface area contributed by atoms with Gasteiger partial charge in [-0.1, -0.05) is 24.3 Å². The van der Waals surface area contributed by atoms with E-state index in [0.29, 0.717) is 11.4 Å². The number of carbonyl (C=O) groups is 2. The molecule has 0 atom stereocenters. The maximum atomic E-state index is 13.1. The van der Waals surface area contributed by atoms with Gasteiger partial charge in [0.05, 0.1) is 17.8 Å². The Morgan fingerprint density at radius 3 is 2.53 bits per heavy atom. The highest BCUT2D eigenvalue weighted by molar-refractivity contribution is 6.10. The molecule has 2 amide bonds. The number of aromatic nitrogens is 2. The van der Waals surface area contributed by atoms with E-state index >= 15 is 0 Å². The molecule has 0 radical (unpaired) electrons. The lowest BCUT2D eigenvalue weighted by molar-refractivity contribution is -0.119. The lowest BCUT2D eigenvalue weighted by atomic mass is 10.1. The zero-order chi connectivity index (χ0) is 21.5. The molecule has 8 nitrogen and oxygen atoms in total. The molecule has 0 saturated heterocycles. The SMILES string of the molecule is COCC(=O)Nc1cc(=O)n(Cc2cccnc2)c(C)c1C(=O)Nc1ccccc1. The summed E-state index contributed by atoms with van der Waals surface area (Å²) in [5.74, 6) is -0.901. The highest BCUT2D eigenvalue weighted by Gasteiger charge is 2.21. The lowest BCUT2D eigenvalue weighted by Crippen LogP contribution is -2.30. The quantitative estimate of drug-likeness (QED) is 0.627. The summed E-state index contributed by atoms with van der Waals surface area (Å²) < 4.78 is 6.31. The number of hydrogen-bond donors (Lipinski definition) is 2. The molecule has 30 heavy (non-hydrogen) atoms. The Morgan fingerprint density at radius 2 is 1.87 bits per heavy atom. The van der Waals surface area contributed by atoms with Gasteiger partial charge >= 0.3 is 0 Å². The predicted molar refractivity (Wildman–Crippen MR) is 114 cm³/mol. The molecule has 0 aliphatic heterocycles. The topological polar surface area (TPSA) is 102 Å². The van der Waals surface area contributed by atoms with Crippen LogP contribution in [-0.2, 0) is 16.1 Å². The van der Waals surface area contributed by atoms with E-state index in [4.69, 9.17) is 4.74 Å². The minimum Gasteiger partial charge on any atom is -0.375 e. The second-order valence-electron chi connectivity index (χ2n) is 6.61. The highest BCUT2D eigenvalue weighted by atomic mass is 16.5. The average Bonchev–Trinajstić information content (AvgIpc) is 2.72. The molecule has 0 aliphatic rings. The van der Waals surface area contributed by atoms with Crippen molar-refractivity contribution < 1.29 is 14.3 Å². The van der Waals surface area contributed by atoms with Gasteiger partial charge in [-0.15, -0.1) is 0 Å². The average molecular weight is 406 g/mol. The summed E-state index contributed by atoms with van der Waals surface area (Å²) in [5.41, 5.74) is 1.82. The Hall–Kier alpha value is -3.78. The summed E-state index contributed by atoms with van der Waals surface area (Å²) in [4.78, 5) is 42.0. The monoisotopic (exact) mass is 406 g/mol. The van der Waals surface area contributed by atoms with Crippen LogP contribution in [-0.4, -0.2) is 35.1 Å². The Morgan fingerprint density at radius 1 is 1.10 bits per heavy atom. The van der Waals surface area contributed by atoms with Gasteiger partial charge in [0, 0.05) is 37.0 Å². The second kappa shape index (κ2) is 9.62. The number of benzene rings is 1. The van der Waals surface area contributed by atoms with Crippen LogP contribution in [0.1, 0.15) is 21.6 Å². The van der Waals surface area contributed by atoms with Gasteiger partial charge in [0.25, 0.3) is 11.5 Å². The van der Waals surface area contributed by atoms with E-state index < -0.39 is 11.8 Å². The largest absolute Gasteiger partial charge is 0.375 e. The third kappa shape index (κ3) is 4.98. The zero-order valence-corrected chi connectivity index (χ0v) is 16.7. The maximum Gasteiger partial charge on any atom is 0.259 e. The van der Waals surface area contributed by atoms with E-state index in [0.717, 1.165) is 5.56 Å². The van der Waals surface area contributed by atoms with Crippen molar-refractivity contribution in [2.45, 2.75) is 13.5 Å². The third-order valence-corrected chi connectivity index (χ3v) is 4.44. The maximum absolute atomic E-state index is 13.1. The standard InChI is InChI=1S/C22H22N4O4/c1-15-21(22(29)24-17-8-4-3-5-9-17)18(25-19(27)14-30-2)11-20(28)26(15)13-16-7-6-10-23-12-16/h3-12H,13-14H2,1-2H3,(H,24,29)(H,25,27). The molecule has 0 unspecified atom stereocenters. The Kier molecular flexibility index (Phi) is 6.71. The van der Waals surface area contributed by atoms with Crippen molar-refractivity contribution in [3.63, 3.8) is 0 Å². The van der Waals surface area contributed by atoms with Gasteiger partial charge in [0.1, 0.15) is 6.61 Å². The molecule has 154 valence electrons. The van der Waals surface area contributed by atoms with Crippen molar-refractivity contribution in [3.8, 4) is 0 Å². The molecule has 2 heterocycles. The number of nitrogens with zero attached hydrogens (tertiary/aromatic N) is 2. The molecular weight excluding hydrogens is 384 g/mol. The van der Waals surface area contributed by atoms with Crippen LogP contribution in [0.4, 0.5) is 11.4 Å². The molecule has 3 rings (SSSR count). The molecule has 0 bridgehead atoms. The fraction of sp³-hybridized carbons (Fsp3) is 0.182. The van der Waals surface area contributed by atoms with E-state index in [-0.39, 0.29) is 30.0 Å². The minimum atomic E-state index is -0.463. The van der Waals surface area contributed by atoms with Crippen LogP contribution in [0, 0.1) is 6.92 Å². The molecule has 2 aromatic heterocycles. The fourth-order valence-corrected chi connectivity index (χ4v) is 3.06. The van der Waals surface area contributed by atoms with Crippen LogP contribution in [0.3, 0.4) is 0 Å². The fourth-order valence-electron chi connectivity index (χ4n) is 3.06. The molecule has 0 spiro atoms. The van der Waals surface area contributed by atoms with Crippen LogP contribution in [0.5, 0.6) is 0 Å². The van der Waals surface area contributed by atoms with Crippen molar-refractivity contribution in [3.05, 3.63) is 88.1 Å². The van der Waals surface area contributed by atoms with Crippen molar-refractivity contribution in [1.29, 1.82) is 0 Å². The van der Waals surface area contributed by atoms with Gasteiger partial charge in [-0.3, -0.25) is 19.4 Å². The third-order valence-electron chi connectivity index (χ3n) is 4.44. The van der Waals surface area contributed by atoms with E-state index in [9.17, 15) is 14.4 Å². The lowest BCUT2D eigenvalue weighted by Gasteiger charge is -2.18. The highest BCUT2D eigenvalue weighted by Crippen LogP contribution is 2.21. The number of ether oxygens (including phenoxy) is 1. The summed E-state index contributed by atoms with van der Waals surface area (Å²) in [7, 11) is 1.39. The van der Waals surface area contributed by atoms with Crippen molar-refractivity contribution >= 4 is 23.2 Å². The predicted octanol–water partition coefficient (Wildman–Crippen LogP) is 2.44. The number of carbonyl (C=O) groups excluding carboxylic acids is 2. The molecule has 0 saturated carbocycles. The summed E-state index contributed by atoms with van der Waals surface area (Å²) in [6, 6.07) is 13.8. The minimum absolute atomic E-state index is 0.135. The first-order chi connectivity index (χ1) is 14.5. The first-order valence-electron chi connectivity index (χ1n) is 9.28. The normalized spacial score (nSPS) is 10.5. The van der Waals surface area contributed by atoms with Crippen LogP contribution in [0.2, 0.25) is 0 Å². The number of nitrogens with one attached hydrogen (secondary N) is 2. The molecular formula is C22H22N4O4. The van der Waals surface area contributed by atoms with Gasteiger partial charge in [0.15, 0.2) is 0 Å². The van der Waals surface area contributed by atoms with Crippen LogP contribution in [0.15, 0.2) is 65.7 Å².